The molecule has 0 radical (unpaired) electrons. The van der Waals surface area contributed by atoms with Gasteiger partial charge in [-0.05, 0) is 55.4 Å². The van der Waals surface area contributed by atoms with Gasteiger partial charge in [-0.1, -0.05) is 30.3 Å². The molecule has 7 heteroatoms. The van der Waals surface area contributed by atoms with Gasteiger partial charge in [-0.2, -0.15) is 0 Å². The average Bonchev–Trinajstić information content (AvgIpc) is 2.61. The Hall–Kier alpha value is -2.25. The number of nitro groups is 1. The standard InChI is InChI=1S/C18H20N2O4S/c1-13(15-11-10-14-6-2-3-7-16(14)12-15)19-25(23,24)18-9-5-4-8-17(18)20(21)22/h4-5,8-13,19H,2-3,6-7H2,1H3. The van der Waals surface area contributed by atoms with Gasteiger partial charge in [0.2, 0.25) is 10.0 Å². The molecular weight excluding hydrogens is 340 g/mol. The molecule has 0 fully saturated rings. The first-order chi connectivity index (χ1) is 11.9. The summed E-state index contributed by atoms with van der Waals surface area (Å²) in [5, 5.41) is 11.1. The van der Waals surface area contributed by atoms with Crippen LogP contribution in [0.25, 0.3) is 0 Å². The van der Waals surface area contributed by atoms with E-state index < -0.39 is 26.7 Å². The van der Waals surface area contributed by atoms with E-state index in [1.807, 2.05) is 12.1 Å². The van der Waals surface area contributed by atoms with Crippen LogP contribution >= 0.6 is 0 Å². The third-order valence-electron chi connectivity index (χ3n) is 4.56. The SMILES string of the molecule is CC(NS(=O)(=O)c1ccccc1[N+](=O)[O-])c1ccc2c(c1)CCCC2. The Kier molecular flexibility index (Phi) is 4.87. The highest BCUT2D eigenvalue weighted by molar-refractivity contribution is 7.89. The second-order valence-corrected chi connectivity index (χ2v) is 7.99. The van der Waals surface area contributed by atoms with Crippen LogP contribution in [0.2, 0.25) is 0 Å². The molecule has 0 saturated carbocycles. The van der Waals surface area contributed by atoms with Crippen molar-refractivity contribution in [2.45, 2.75) is 43.5 Å². The van der Waals surface area contributed by atoms with E-state index >= 15 is 0 Å². The number of rotatable bonds is 5. The fourth-order valence-corrected chi connectivity index (χ4v) is 4.63. The topological polar surface area (TPSA) is 89.3 Å². The summed E-state index contributed by atoms with van der Waals surface area (Å²) >= 11 is 0. The highest BCUT2D eigenvalue weighted by atomic mass is 32.2. The van der Waals surface area contributed by atoms with E-state index in [1.165, 1.54) is 41.8 Å². The molecule has 1 unspecified atom stereocenters. The van der Waals surface area contributed by atoms with Gasteiger partial charge in [-0.3, -0.25) is 10.1 Å². The van der Waals surface area contributed by atoms with E-state index in [0.717, 1.165) is 24.8 Å². The van der Waals surface area contributed by atoms with Gasteiger partial charge in [-0.15, -0.1) is 0 Å². The van der Waals surface area contributed by atoms with Crippen LogP contribution in [0.3, 0.4) is 0 Å². The Morgan fingerprint density at radius 1 is 1.08 bits per heavy atom. The Morgan fingerprint density at radius 2 is 1.76 bits per heavy atom. The summed E-state index contributed by atoms with van der Waals surface area (Å²) in [5.74, 6) is 0. The van der Waals surface area contributed by atoms with Crippen LogP contribution in [-0.2, 0) is 22.9 Å². The minimum absolute atomic E-state index is 0.315. The van der Waals surface area contributed by atoms with Gasteiger partial charge >= 0.3 is 0 Å². The van der Waals surface area contributed by atoms with Crippen LogP contribution in [0.4, 0.5) is 5.69 Å². The molecule has 0 aliphatic heterocycles. The quantitative estimate of drug-likeness (QED) is 0.653. The predicted octanol–water partition coefficient (Wildman–Crippen LogP) is 3.51. The van der Waals surface area contributed by atoms with Gasteiger partial charge in [0.25, 0.3) is 5.69 Å². The zero-order chi connectivity index (χ0) is 18.0. The lowest BCUT2D eigenvalue weighted by atomic mass is 9.89. The van der Waals surface area contributed by atoms with Gasteiger partial charge < -0.3 is 0 Å². The molecule has 0 spiro atoms. The van der Waals surface area contributed by atoms with Crippen molar-refractivity contribution in [2.24, 2.45) is 0 Å². The van der Waals surface area contributed by atoms with Gasteiger partial charge in [0.1, 0.15) is 0 Å². The molecule has 2 aromatic carbocycles. The summed E-state index contributed by atoms with van der Waals surface area (Å²) in [5.41, 5.74) is 3.03. The Morgan fingerprint density at radius 3 is 2.48 bits per heavy atom. The zero-order valence-electron chi connectivity index (χ0n) is 13.9. The van der Waals surface area contributed by atoms with Crippen molar-refractivity contribution in [3.63, 3.8) is 0 Å². The Bertz CT molecular complexity index is 909. The fraction of sp³-hybridized carbons (Fsp3) is 0.333. The summed E-state index contributed by atoms with van der Waals surface area (Å²) < 4.78 is 27.8. The van der Waals surface area contributed by atoms with Crippen LogP contribution in [0.1, 0.15) is 42.5 Å². The number of nitrogens with zero attached hydrogens (tertiary/aromatic N) is 1. The summed E-state index contributed by atoms with van der Waals surface area (Å²) in [6.45, 7) is 1.75. The molecule has 1 N–H and O–H groups in total. The number of para-hydroxylation sites is 1. The first-order valence-electron chi connectivity index (χ1n) is 8.26. The molecule has 2 aromatic rings. The lowest BCUT2D eigenvalue weighted by Crippen LogP contribution is -2.27. The van der Waals surface area contributed by atoms with E-state index in [9.17, 15) is 18.5 Å². The first-order valence-corrected chi connectivity index (χ1v) is 9.74. The van der Waals surface area contributed by atoms with Crippen molar-refractivity contribution in [3.8, 4) is 0 Å². The molecule has 0 amide bonds. The second kappa shape index (κ2) is 6.93. The molecule has 25 heavy (non-hydrogen) atoms. The van der Waals surface area contributed by atoms with Crippen molar-refractivity contribution in [1.29, 1.82) is 0 Å². The number of hydrogen-bond donors (Lipinski definition) is 1. The van der Waals surface area contributed by atoms with Crippen molar-refractivity contribution < 1.29 is 13.3 Å². The summed E-state index contributed by atoms with van der Waals surface area (Å²) in [4.78, 5) is 10.1. The smallest absolute Gasteiger partial charge is 0.258 e. The number of fused-ring (bicyclic) bond motifs is 1. The summed E-state index contributed by atoms with van der Waals surface area (Å²) in [7, 11) is -4.00. The highest BCUT2D eigenvalue weighted by Gasteiger charge is 2.27. The maximum absolute atomic E-state index is 12.6. The van der Waals surface area contributed by atoms with Crippen molar-refractivity contribution in [1.82, 2.24) is 4.72 Å². The molecule has 0 aromatic heterocycles. The number of sulfonamides is 1. The lowest BCUT2D eigenvalue weighted by Gasteiger charge is -2.20. The third-order valence-corrected chi connectivity index (χ3v) is 6.14. The van der Waals surface area contributed by atoms with Crippen LogP contribution in [0.5, 0.6) is 0 Å². The van der Waals surface area contributed by atoms with E-state index in [4.69, 9.17) is 0 Å². The average molecular weight is 360 g/mol. The monoisotopic (exact) mass is 360 g/mol. The van der Waals surface area contributed by atoms with E-state index in [1.54, 1.807) is 6.92 Å². The number of nitrogens with one attached hydrogen (secondary N) is 1. The van der Waals surface area contributed by atoms with Gasteiger partial charge in [0.05, 0.1) is 4.92 Å². The molecule has 6 nitrogen and oxygen atoms in total. The normalized spacial score (nSPS) is 15.4. The third kappa shape index (κ3) is 3.72. The number of aryl methyl sites for hydroxylation is 2. The lowest BCUT2D eigenvalue weighted by molar-refractivity contribution is -0.387. The minimum atomic E-state index is -4.00. The fourth-order valence-electron chi connectivity index (χ4n) is 3.22. The molecule has 1 aliphatic carbocycles. The molecule has 0 bridgehead atoms. The van der Waals surface area contributed by atoms with Crippen LogP contribution in [0, 0.1) is 10.1 Å². The summed E-state index contributed by atoms with van der Waals surface area (Å²) in [6, 6.07) is 10.9. The summed E-state index contributed by atoms with van der Waals surface area (Å²) in [6.07, 6.45) is 4.40. The Labute approximate surface area is 147 Å². The molecule has 1 aliphatic rings. The predicted molar refractivity (Wildman–Crippen MR) is 94.9 cm³/mol. The maximum Gasteiger partial charge on any atom is 0.289 e. The van der Waals surface area contributed by atoms with E-state index in [-0.39, 0.29) is 4.90 Å². The molecule has 0 saturated heterocycles. The van der Waals surface area contributed by atoms with Crippen molar-refractivity contribution >= 4 is 15.7 Å². The largest absolute Gasteiger partial charge is 0.289 e. The number of benzene rings is 2. The van der Waals surface area contributed by atoms with Gasteiger partial charge in [0, 0.05) is 12.1 Å². The molecule has 0 heterocycles. The number of nitro benzene ring substituents is 1. The number of hydrogen-bond acceptors (Lipinski definition) is 4. The van der Waals surface area contributed by atoms with Gasteiger partial charge in [0.15, 0.2) is 4.90 Å². The van der Waals surface area contributed by atoms with E-state index in [0.29, 0.717) is 0 Å². The maximum atomic E-state index is 12.6. The van der Waals surface area contributed by atoms with Crippen LogP contribution in [0.15, 0.2) is 47.4 Å². The van der Waals surface area contributed by atoms with Gasteiger partial charge in [-0.25, -0.2) is 13.1 Å². The van der Waals surface area contributed by atoms with Crippen LogP contribution in [-0.4, -0.2) is 13.3 Å². The highest BCUT2D eigenvalue weighted by Crippen LogP contribution is 2.27. The van der Waals surface area contributed by atoms with Crippen molar-refractivity contribution in [2.75, 3.05) is 0 Å². The Balaban J connectivity index is 1.87. The van der Waals surface area contributed by atoms with E-state index in [2.05, 4.69) is 10.8 Å². The zero-order valence-corrected chi connectivity index (χ0v) is 14.8. The second-order valence-electron chi connectivity index (χ2n) is 6.30. The molecule has 132 valence electrons. The van der Waals surface area contributed by atoms with Crippen LogP contribution < -0.4 is 4.72 Å². The molecular formula is C18H20N2O4S. The van der Waals surface area contributed by atoms with Crippen molar-refractivity contribution in [3.05, 3.63) is 69.3 Å². The minimum Gasteiger partial charge on any atom is -0.258 e. The first kappa shape index (κ1) is 17.6. The molecule has 3 rings (SSSR count). The molecule has 1 atom stereocenters.